The Balaban J connectivity index is 1.33. The van der Waals surface area contributed by atoms with E-state index in [9.17, 15) is 9.18 Å². The van der Waals surface area contributed by atoms with Crippen molar-refractivity contribution in [2.24, 2.45) is 0 Å². The third-order valence-corrected chi connectivity index (χ3v) is 8.73. The summed E-state index contributed by atoms with van der Waals surface area (Å²) in [4.78, 5) is 18.6. The number of anilines is 2. The fourth-order valence-electron chi connectivity index (χ4n) is 5.05. The van der Waals surface area contributed by atoms with E-state index in [2.05, 4.69) is 15.6 Å². The summed E-state index contributed by atoms with van der Waals surface area (Å²) in [5.74, 6) is 0.847. The van der Waals surface area contributed by atoms with Crippen molar-refractivity contribution >= 4 is 52.5 Å². The molecule has 0 saturated heterocycles. The van der Waals surface area contributed by atoms with E-state index in [1.54, 1.807) is 35.0 Å². The summed E-state index contributed by atoms with van der Waals surface area (Å²) in [6.07, 6.45) is 0. The Labute approximate surface area is 274 Å². The first-order valence-electron chi connectivity index (χ1n) is 14.1. The van der Waals surface area contributed by atoms with Crippen molar-refractivity contribution in [3.05, 3.63) is 140 Å². The molecule has 0 spiro atoms. The number of nitrogens with zero attached hydrogens (tertiary/aromatic N) is 3. The van der Waals surface area contributed by atoms with Gasteiger partial charge in [0.2, 0.25) is 11.1 Å². The van der Waals surface area contributed by atoms with Gasteiger partial charge in [-0.05, 0) is 73.0 Å². The number of allylic oxidation sites excluding steroid dienone is 1. The molecule has 45 heavy (non-hydrogen) atoms. The van der Waals surface area contributed by atoms with Gasteiger partial charge in [0, 0.05) is 32.7 Å². The van der Waals surface area contributed by atoms with Crippen LogP contribution in [0.4, 0.5) is 16.0 Å². The maximum atomic E-state index is 14.3. The molecule has 5 aromatic rings. The molecule has 7 nitrogen and oxygen atoms in total. The van der Waals surface area contributed by atoms with Gasteiger partial charge < -0.3 is 15.4 Å². The normalized spacial score (nSPS) is 14.1. The lowest BCUT2D eigenvalue weighted by Crippen LogP contribution is -2.31. The Bertz CT molecular complexity index is 1930. The van der Waals surface area contributed by atoms with Crippen LogP contribution in [0.5, 0.6) is 5.75 Å². The monoisotopic (exact) mass is 659 g/mol. The molecule has 1 unspecified atom stereocenters. The van der Waals surface area contributed by atoms with Crippen molar-refractivity contribution in [1.82, 2.24) is 14.8 Å². The topological polar surface area (TPSA) is 81.1 Å². The lowest BCUT2D eigenvalue weighted by atomic mass is 9.94. The zero-order valence-corrected chi connectivity index (χ0v) is 26.7. The highest BCUT2D eigenvalue weighted by molar-refractivity contribution is 7.98. The SMILES string of the molecule is CC1=C(C(=O)Nc2cccc(C)c2)C(c2cccc(OCc3ccc(Cl)cc3Cl)c2)n2nc(SCc3ccccc3F)nc2N1. The number of thioether (sulfide) groups is 1. The van der Waals surface area contributed by atoms with Crippen LogP contribution >= 0.6 is 35.0 Å². The molecule has 0 fully saturated rings. The number of ether oxygens (including phenoxy) is 1. The van der Waals surface area contributed by atoms with Gasteiger partial charge in [0.1, 0.15) is 24.2 Å². The van der Waals surface area contributed by atoms with Crippen molar-refractivity contribution < 1.29 is 13.9 Å². The van der Waals surface area contributed by atoms with E-state index in [0.29, 0.717) is 55.2 Å². The first-order valence-corrected chi connectivity index (χ1v) is 15.8. The van der Waals surface area contributed by atoms with Gasteiger partial charge in [-0.3, -0.25) is 4.79 Å². The van der Waals surface area contributed by atoms with E-state index in [0.717, 1.165) is 16.7 Å². The number of fused-ring (bicyclic) bond motifs is 1. The lowest BCUT2D eigenvalue weighted by molar-refractivity contribution is -0.113. The van der Waals surface area contributed by atoms with Crippen LogP contribution in [0.15, 0.2) is 107 Å². The zero-order chi connectivity index (χ0) is 31.5. The average molecular weight is 661 g/mol. The summed E-state index contributed by atoms with van der Waals surface area (Å²) in [6, 6.07) is 26.4. The molecule has 0 radical (unpaired) electrons. The molecule has 2 N–H and O–H groups in total. The van der Waals surface area contributed by atoms with Gasteiger partial charge in [-0.1, -0.05) is 83.5 Å². The van der Waals surface area contributed by atoms with Crippen LogP contribution in [0.25, 0.3) is 0 Å². The first kappa shape index (κ1) is 30.7. The second-order valence-electron chi connectivity index (χ2n) is 10.5. The van der Waals surface area contributed by atoms with E-state index in [4.69, 9.17) is 33.0 Å². The smallest absolute Gasteiger partial charge is 0.255 e. The van der Waals surface area contributed by atoms with Crippen LogP contribution < -0.4 is 15.4 Å². The van der Waals surface area contributed by atoms with Crippen LogP contribution in [-0.2, 0) is 17.2 Å². The third-order valence-electron chi connectivity index (χ3n) is 7.25. The molecule has 228 valence electrons. The number of hydrogen-bond donors (Lipinski definition) is 2. The summed E-state index contributed by atoms with van der Waals surface area (Å²) < 4.78 is 22.1. The fraction of sp³-hybridized carbons (Fsp3) is 0.147. The van der Waals surface area contributed by atoms with Crippen molar-refractivity contribution in [3.63, 3.8) is 0 Å². The molecule has 1 aliphatic heterocycles. The standard InChI is InChI=1S/C34H28Cl2FN5O2S/c1-20-7-5-10-26(15-20)39-32(43)30-21(2)38-33-40-34(45-19-24-8-3-4-12-29(24)37)41-42(33)31(30)22-9-6-11-27(16-22)44-18-23-13-14-25(35)17-28(23)36/h3-17,31H,18-19H2,1-2H3,(H,39,43)(H,38,40,41). The van der Waals surface area contributed by atoms with E-state index >= 15 is 0 Å². The number of rotatable bonds is 9. The van der Waals surface area contributed by atoms with E-state index < -0.39 is 6.04 Å². The molecule has 1 aliphatic rings. The molecular weight excluding hydrogens is 632 g/mol. The number of carbonyl (C=O) groups excluding carboxylic acids is 1. The first-order chi connectivity index (χ1) is 21.7. The summed E-state index contributed by atoms with van der Waals surface area (Å²) in [5.41, 5.74) is 4.92. The number of amides is 1. The Hall–Kier alpha value is -4.31. The van der Waals surface area contributed by atoms with Gasteiger partial charge in [-0.2, -0.15) is 4.98 Å². The van der Waals surface area contributed by atoms with Crippen LogP contribution in [-0.4, -0.2) is 20.7 Å². The molecule has 1 aromatic heterocycles. The highest BCUT2D eigenvalue weighted by Crippen LogP contribution is 2.38. The van der Waals surface area contributed by atoms with Crippen LogP contribution in [0.1, 0.15) is 35.2 Å². The quantitative estimate of drug-likeness (QED) is 0.154. The van der Waals surface area contributed by atoms with Crippen LogP contribution in [0, 0.1) is 12.7 Å². The highest BCUT2D eigenvalue weighted by atomic mass is 35.5. The number of hydrogen-bond acceptors (Lipinski definition) is 6. The van der Waals surface area contributed by atoms with Gasteiger partial charge in [-0.15, -0.1) is 5.10 Å². The molecule has 1 atom stereocenters. The predicted molar refractivity (Wildman–Crippen MR) is 177 cm³/mol. The van der Waals surface area contributed by atoms with E-state index in [-0.39, 0.29) is 18.3 Å². The lowest BCUT2D eigenvalue weighted by Gasteiger charge is -2.29. The predicted octanol–water partition coefficient (Wildman–Crippen LogP) is 8.83. The molecule has 11 heteroatoms. The average Bonchev–Trinajstić information content (AvgIpc) is 3.42. The van der Waals surface area contributed by atoms with Gasteiger partial charge >= 0.3 is 0 Å². The Kier molecular flexibility index (Phi) is 9.11. The number of aryl methyl sites for hydroxylation is 1. The number of carbonyl (C=O) groups is 1. The van der Waals surface area contributed by atoms with E-state index in [1.807, 2.05) is 68.4 Å². The maximum Gasteiger partial charge on any atom is 0.255 e. The molecule has 0 bridgehead atoms. The Morgan fingerprint density at radius 1 is 1.00 bits per heavy atom. The third kappa shape index (κ3) is 7.01. The van der Waals surface area contributed by atoms with Gasteiger partial charge in [-0.25, -0.2) is 9.07 Å². The van der Waals surface area contributed by atoms with Gasteiger partial charge in [0.15, 0.2) is 0 Å². The van der Waals surface area contributed by atoms with Crippen molar-refractivity contribution in [2.45, 2.75) is 37.4 Å². The molecule has 4 aromatic carbocycles. The fourth-order valence-corrected chi connectivity index (χ4v) is 6.33. The minimum absolute atomic E-state index is 0.229. The van der Waals surface area contributed by atoms with Crippen molar-refractivity contribution in [2.75, 3.05) is 10.6 Å². The van der Waals surface area contributed by atoms with E-state index in [1.165, 1.54) is 17.8 Å². The minimum Gasteiger partial charge on any atom is -0.489 e. The molecule has 0 saturated carbocycles. The Morgan fingerprint density at radius 3 is 2.62 bits per heavy atom. The number of aromatic nitrogens is 3. The van der Waals surface area contributed by atoms with Crippen molar-refractivity contribution in [3.8, 4) is 5.75 Å². The van der Waals surface area contributed by atoms with Gasteiger partial charge in [0.25, 0.3) is 5.91 Å². The summed E-state index contributed by atoms with van der Waals surface area (Å²) in [6.45, 7) is 4.04. The van der Waals surface area contributed by atoms with Crippen LogP contribution in [0.3, 0.4) is 0 Å². The second-order valence-corrected chi connectivity index (χ2v) is 12.3. The minimum atomic E-state index is -0.635. The molecule has 0 aliphatic carbocycles. The zero-order valence-electron chi connectivity index (χ0n) is 24.4. The maximum absolute atomic E-state index is 14.3. The molecule has 2 heterocycles. The summed E-state index contributed by atoms with van der Waals surface area (Å²) >= 11 is 13.7. The summed E-state index contributed by atoms with van der Waals surface area (Å²) in [7, 11) is 0. The number of benzene rings is 4. The van der Waals surface area contributed by atoms with Crippen LogP contribution in [0.2, 0.25) is 10.0 Å². The Morgan fingerprint density at radius 2 is 1.82 bits per heavy atom. The molecular formula is C34H28Cl2FN5O2S. The second kappa shape index (κ2) is 13.4. The largest absolute Gasteiger partial charge is 0.489 e. The van der Waals surface area contributed by atoms with Crippen molar-refractivity contribution in [1.29, 1.82) is 0 Å². The molecule has 1 amide bonds. The number of halogens is 3. The summed E-state index contributed by atoms with van der Waals surface area (Å²) in [5, 5.41) is 12.6. The van der Waals surface area contributed by atoms with Gasteiger partial charge in [0.05, 0.1) is 5.57 Å². The highest BCUT2D eigenvalue weighted by Gasteiger charge is 2.34. The molecule has 6 rings (SSSR count). The number of nitrogens with one attached hydrogen (secondary N) is 2.